The minimum atomic E-state index is -0.490. The molecule has 2 heterocycles. The summed E-state index contributed by atoms with van der Waals surface area (Å²) in [6, 6.07) is 17.6. The summed E-state index contributed by atoms with van der Waals surface area (Å²) in [5, 5.41) is 2.94. The number of rotatable bonds is 7. The zero-order chi connectivity index (χ0) is 22.3. The van der Waals surface area contributed by atoms with Crippen molar-refractivity contribution in [1.29, 1.82) is 0 Å². The summed E-state index contributed by atoms with van der Waals surface area (Å²) in [5.74, 6) is -0.981. The average molecular weight is 436 g/mol. The number of halogens is 1. The third-order valence-electron chi connectivity index (χ3n) is 5.53. The molecule has 1 aromatic heterocycles. The second kappa shape index (κ2) is 10.2. The first kappa shape index (κ1) is 21.8. The third-order valence-corrected chi connectivity index (χ3v) is 5.53. The van der Waals surface area contributed by atoms with E-state index in [0.717, 1.165) is 44.8 Å². The predicted octanol–water partition coefficient (Wildman–Crippen LogP) is 3.75. The molecule has 1 aliphatic rings. The molecule has 1 aliphatic heterocycles. The Labute approximate surface area is 185 Å². The van der Waals surface area contributed by atoms with Crippen molar-refractivity contribution in [3.63, 3.8) is 0 Å². The number of nitrogens with one attached hydrogen (secondary N) is 1. The number of benzene rings is 2. The van der Waals surface area contributed by atoms with E-state index >= 15 is 0 Å². The first-order valence-electron chi connectivity index (χ1n) is 10.6. The molecule has 4 rings (SSSR count). The molecule has 2 aromatic carbocycles. The summed E-state index contributed by atoms with van der Waals surface area (Å²) in [5.41, 5.74) is 1.11. The summed E-state index contributed by atoms with van der Waals surface area (Å²) in [7, 11) is 0. The van der Waals surface area contributed by atoms with Gasteiger partial charge in [0.25, 0.3) is 5.91 Å². The van der Waals surface area contributed by atoms with Crippen LogP contribution >= 0.6 is 0 Å². The summed E-state index contributed by atoms with van der Waals surface area (Å²) >= 11 is 0. The van der Waals surface area contributed by atoms with Crippen LogP contribution < -0.4 is 15.5 Å². The Kier molecular flexibility index (Phi) is 6.97. The first-order chi connectivity index (χ1) is 15.6. The van der Waals surface area contributed by atoms with Crippen LogP contribution in [0.4, 0.5) is 4.39 Å². The SMILES string of the molecule is O=C(NC1CCN(Cc2ccccc2)CC1)c1cc(=O)c(OCc2ccccc2F)co1. The second-order valence-corrected chi connectivity index (χ2v) is 7.86. The number of ether oxygens (including phenoxy) is 1. The molecular formula is C25H25FN2O4. The lowest BCUT2D eigenvalue weighted by molar-refractivity contribution is 0.0877. The molecule has 1 N–H and O–H groups in total. The van der Waals surface area contributed by atoms with E-state index in [1.54, 1.807) is 18.2 Å². The lowest BCUT2D eigenvalue weighted by Gasteiger charge is -2.32. The Bertz CT molecular complexity index is 1110. The number of nitrogens with zero attached hydrogens (tertiary/aromatic N) is 1. The number of likely N-dealkylation sites (tertiary alicyclic amines) is 1. The van der Waals surface area contributed by atoms with Crippen molar-refractivity contribution in [3.05, 3.63) is 99.9 Å². The molecule has 0 bridgehead atoms. The third kappa shape index (κ3) is 5.62. The van der Waals surface area contributed by atoms with Gasteiger partial charge in [0.2, 0.25) is 11.2 Å². The summed E-state index contributed by atoms with van der Waals surface area (Å²) in [6.45, 7) is 2.55. The zero-order valence-electron chi connectivity index (χ0n) is 17.6. The van der Waals surface area contributed by atoms with E-state index in [2.05, 4.69) is 22.3 Å². The number of piperidine rings is 1. The van der Waals surface area contributed by atoms with Gasteiger partial charge in [-0.25, -0.2) is 4.39 Å². The minimum Gasteiger partial charge on any atom is -0.482 e. The van der Waals surface area contributed by atoms with Crippen molar-refractivity contribution in [2.45, 2.75) is 32.0 Å². The van der Waals surface area contributed by atoms with Gasteiger partial charge in [0.1, 0.15) is 18.7 Å². The molecule has 0 atom stereocenters. The zero-order valence-corrected chi connectivity index (χ0v) is 17.6. The molecule has 7 heteroatoms. The monoisotopic (exact) mass is 436 g/mol. The predicted molar refractivity (Wildman–Crippen MR) is 118 cm³/mol. The number of amides is 1. The largest absolute Gasteiger partial charge is 0.482 e. The Morgan fingerprint density at radius 3 is 2.53 bits per heavy atom. The van der Waals surface area contributed by atoms with Crippen LogP contribution in [0.15, 0.2) is 76.1 Å². The molecule has 32 heavy (non-hydrogen) atoms. The van der Waals surface area contributed by atoms with Crippen LogP contribution in [0.25, 0.3) is 0 Å². The number of carbonyl (C=O) groups is 1. The normalized spacial score (nSPS) is 14.8. The van der Waals surface area contributed by atoms with Gasteiger partial charge in [0, 0.05) is 37.3 Å². The molecule has 0 spiro atoms. The Hall–Kier alpha value is -3.45. The fourth-order valence-electron chi connectivity index (χ4n) is 3.73. The topological polar surface area (TPSA) is 71.8 Å². The highest BCUT2D eigenvalue weighted by atomic mass is 19.1. The summed E-state index contributed by atoms with van der Waals surface area (Å²) in [6.07, 6.45) is 2.75. The van der Waals surface area contributed by atoms with E-state index in [9.17, 15) is 14.0 Å². The van der Waals surface area contributed by atoms with E-state index < -0.39 is 17.2 Å². The van der Waals surface area contributed by atoms with Crippen LogP contribution in [-0.4, -0.2) is 29.9 Å². The van der Waals surface area contributed by atoms with Gasteiger partial charge in [-0.1, -0.05) is 48.5 Å². The molecular weight excluding hydrogens is 411 g/mol. The van der Waals surface area contributed by atoms with Gasteiger partial charge in [-0.2, -0.15) is 0 Å². The maximum atomic E-state index is 13.7. The molecule has 1 fully saturated rings. The van der Waals surface area contributed by atoms with Crippen molar-refractivity contribution in [3.8, 4) is 5.75 Å². The fraction of sp³-hybridized carbons (Fsp3) is 0.280. The van der Waals surface area contributed by atoms with Gasteiger partial charge >= 0.3 is 0 Å². The highest BCUT2D eigenvalue weighted by Gasteiger charge is 2.22. The maximum Gasteiger partial charge on any atom is 0.287 e. The molecule has 0 saturated carbocycles. The van der Waals surface area contributed by atoms with Crippen LogP contribution in [0.1, 0.15) is 34.5 Å². The van der Waals surface area contributed by atoms with E-state index in [0.29, 0.717) is 5.56 Å². The van der Waals surface area contributed by atoms with Crippen molar-refractivity contribution in [2.75, 3.05) is 13.1 Å². The molecule has 166 valence electrons. The number of hydrogen-bond donors (Lipinski definition) is 1. The molecule has 1 amide bonds. The first-order valence-corrected chi connectivity index (χ1v) is 10.6. The number of carbonyl (C=O) groups excluding carboxylic acids is 1. The smallest absolute Gasteiger partial charge is 0.287 e. The highest BCUT2D eigenvalue weighted by Crippen LogP contribution is 2.15. The standard InChI is InChI=1S/C25H25FN2O4/c26-21-9-5-4-8-19(21)16-31-24-17-32-23(14-22(24)29)25(30)27-20-10-12-28(13-11-20)15-18-6-2-1-3-7-18/h1-9,14,17,20H,10-13,15-16H2,(H,27,30). The van der Waals surface area contributed by atoms with Crippen molar-refractivity contribution in [2.24, 2.45) is 0 Å². The van der Waals surface area contributed by atoms with Gasteiger partial charge in [-0.15, -0.1) is 0 Å². The van der Waals surface area contributed by atoms with Gasteiger partial charge in [-0.3, -0.25) is 14.5 Å². The van der Waals surface area contributed by atoms with E-state index in [4.69, 9.17) is 9.15 Å². The second-order valence-electron chi connectivity index (χ2n) is 7.86. The van der Waals surface area contributed by atoms with Gasteiger partial charge < -0.3 is 14.5 Å². The molecule has 3 aromatic rings. The van der Waals surface area contributed by atoms with Crippen LogP contribution in [0.5, 0.6) is 5.75 Å². The minimum absolute atomic E-state index is 0.0248. The van der Waals surface area contributed by atoms with Gasteiger partial charge in [-0.05, 0) is 24.5 Å². The van der Waals surface area contributed by atoms with Crippen LogP contribution in [0.2, 0.25) is 0 Å². The van der Waals surface area contributed by atoms with Gasteiger partial charge in [0.15, 0.2) is 5.76 Å². The quantitative estimate of drug-likeness (QED) is 0.611. The fourth-order valence-corrected chi connectivity index (χ4v) is 3.73. The number of hydrogen-bond acceptors (Lipinski definition) is 5. The Morgan fingerprint density at radius 2 is 1.81 bits per heavy atom. The van der Waals surface area contributed by atoms with E-state index in [1.165, 1.54) is 11.6 Å². The van der Waals surface area contributed by atoms with Crippen molar-refractivity contribution in [1.82, 2.24) is 10.2 Å². The van der Waals surface area contributed by atoms with Crippen molar-refractivity contribution >= 4 is 5.91 Å². The Balaban J connectivity index is 1.28. The molecule has 0 radical (unpaired) electrons. The summed E-state index contributed by atoms with van der Waals surface area (Å²) < 4.78 is 24.4. The van der Waals surface area contributed by atoms with E-state index in [1.807, 2.05) is 18.2 Å². The summed E-state index contributed by atoms with van der Waals surface area (Å²) in [4.78, 5) is 27.2. The van der Waals surface area contributed by atoms with Gasteiger partial charge in [0.05, 0.1) is 0 Å². The molecule has 0 unspecified atom stereocenters. The van der Waals surface area contributed by atoms with Crippen LogP contribution in [0.3, 0.4) is 0 Å². The maximum absolute atomic E-state index is 13.7. The molecule has 0 aliphatic carbocycles. The van der Waals surface area contributed by atoms with Crippen LogP contribution in [0, 0.1) is 5.82 Å². The molecule has 1 saturated heterocycles. The van der Waals surface area contributed by atoms with Crippen molar-refractivity contribution < 1.29 is 18.3 Å². The average Bonchev–Trinajstić information content (AvgIpc) is 2.81. The Morgan fingerprint density at radius 1 is 1.09 bits per heavy atom. The van der Waals surface area contributed by atoms with E-state index in [-0.39, 0.29) is 24.2 Å². The van der Waals surface area contributed by atoms with Crippen LogP contribution in [-0.2, 0) is 13.2 Å². The lowest BCUT2D eigenvalue weighted by Crippen LogP contribution is -2.44. The lowest BCUT2D eigenvalue weighted by atomic mass is 10.0. The molecule has 6 nitrogen and oxygen atoms in total. The highest BCUT2D eigenvalue weighted by molar-refractivity contribution is 5.91.